The van der Waals surface area contributed by atoms with Crippen LogP contribution >= 0.6 is 0 Å². The molecule has 0 aromatic rings. The summed E-state index contributed by atoms with van der Waals surface area (Å²) in [7, 11) is 0. The Morgan fingerprint density at radius 2 is 1.78 bits per heavy atom. The van der Waals surface area contributed by atoms with E-state index >= 15 is 0 Å². The highest BCUT2D eigenvalue weighted by Crippen LogP contribution is 2.51. The van der Waals surface area contributed by atoms with Crippen molar-refractivity contribution in [2.75, 3.05) is 6.61 Å². The third-order valence-electron chi connectivity index (χ3n) is 5.56. The molecule has 2 heterocycles. The van der Waals surface area contributed by atoms with E-state index in [2.05, 4.69) is 13.8 Å². The van der Waals surface area contributed by atoms with Gasteiger partial charge >= 0.3 is 0 Å². The van der Waals surface area contributed by atoms with E-state index in [9.17, 15) is 5.11 Å². The molecule has 1 saturated carbocycles. The average Bonchev–Trinajstić information content (AvgIpc) is 2.44. The molecule has 1 aliphatic carbocycles. The topological polar surface area (TPSA) is 38.7 Å². The molecule has 0 aromatic carbocycles. The molecule has 2 aliphatic heterocycles. The number of rotatable bonds is 0. The Morgan fingerprint density at radius 1 is 1.06 bits per heavy atom. The van der Waals surface area contributed by atoms with Gasteiger partial charge in [0.05, 0.1) is 6.61 Å². The van der Waals surface area contributed by atoms with Crippen molar-refractivity contribution >= 4 is 0 Å². The molecule has 3 aliphatic rings. The van der Waals surface area contributed by atoms with Crippen molar-refractivity contribution in [2.45, 2.75) is 58.5 Å². The van der Waals surface area contributed by atoms with Crippen LogP contribution in [0.25, 0.3) is 0 Å². The molecule has 0 bridgehead atoms. The molecule has 0 aromatic heterocycles. The Balaban J connectivity index is 1.90. The summed E-state index contributed by atoms with van der Waals surface area (Å²) >= 11 is 0. The van der Waals surface area contributed by atoms with Crippen LogP contribution < -0.4 is 0 Å². The van der Waals surface area contributed by atoms with Crippen LogP contribution in [0.15, 0.2) is 0 Å². The molecule has 7 atom stereocenters. The summed E-state index contributed by atoms with van der Waals surface area (Å²) < 4.78 is 11.8. The maximum atomic E-state index is 10.3. The quantitative estimate of drug-likeness (QED) is 0.722. The fourth-order valence-electron chi connectivity index (χ4n) is 4.44. The van der Waals surface area contributed by atoms with E-state index in [1.807, 2.05) is 0 Å². The molecule has 3 heteroatoms. The Hall–Kier alpha value is -0.120. The number of ether oxygens (including phenoxy) is 2. The van der Waals surface area contributed by atoms with Gasteiger partial charge in [0.2, 0.25) is 0 Å². The summed E-state index contributed by atoms with van der Waals surface area (Å²) in [6, 6.07) is 0. The number of hydrogen-bond acceptors (Lipinski definition) is 3. The molecular formula is C15H26O3. The van der Waals surface area contributed by atoms with E-state index in [1.54, 1.807) is 6.92 Å². The fraction of sp³-hybridized carbons (Fsp3) is 1.00. The minimum atomic E-state index is -1.01. The largest absolute Gasteiger partial charge is 0.366 e. The highest BCUT2D eigenvalue weighted by molar-refractivity contribution is 4.94. The lowest BCUT2D eigenvalue weighted by molar-refractivity contribution is -0.318. The molecule has 5 unspecified atom stereocenters. The summed E-state index contributed by atoms with van der Waals surface area (Å²) in [6.07, 6.45) is 4.25. The van der Waals surface area contributed by atoms with Crippen molar-refractivity contribution in [1.82, 2.24) is 0 Å². The number of hydrogen-bond donors (Lipinski definition) is 1. The van der Waals surface area contributed by atoms with Gasteiger partial charge in [-0.1, -0.05) is 20.3 Å². The van der Waals surface area contributed by atoms with Crippen molar-refractivity contribution in [2.24, 2.45) is 29.6 Å². The summed E-state index contributed by atoms with van der Waals surface area (Å²) in [5, 5.41) is 10.3. The standard InChI is InChI=1S/C15H26O3/c1-9-4-5-11-10(2)8-17-14-13(11)12(9)6-7-15(3,16)18-14/h9-14,16H,4-8H2,1-3H3/t9?,10-,11?,12?,13?,14+,15?/m0/s1. The molecule has 3 rings (SSSR count). The van der Waals surface area contributed by atoms with Crippen LogP contribution in [0.2, 0.25) is 0 Å². The third-order valence-corrected chi connectivity index (χ3v) is 5.56. The Bertz CT molecular complexity index is 315. The van der Waals surface area contributed by atoms with Crippen molar-refractivity contribution in [3.8, 4) is 0 Å². The van der Waals surface area contributed by atoms with E-state index in [-0.39, 0.29) is 6.29 Å². The zero-order valence-corrected chi connectivity index (χ0v) is 11.8. The second-order valence-corrected chi connectivity index (χ2v) is 6.97. The van der Waals surface area contributed by atoms with Crippen molar-refractivity contribution in [1.29, 1.82) is 0 Å². The van der Waals surface area contributed by atoms with E-state index in [4.69, 9.17) is 9.47 Å². The lowest BCUT2D eigenvalue weighted by Crippen LogP contribution is -2.50. The van der Waals surface area contributed by atoms with Gasteiger partial charge in [0.15, 0.2) is 12.1 Å². The fourth-order valence-corrected chi connectivity index (χ4v) is 4.44. The Kier molecular flexibility index (Phi) is 3.20. The maximum absolute atomic E-state index is 10.3. The van der Waals surface area contributed by atoms with Crippen LogP contribution in [0.4, 0.5) is 0 Å². The van der Waals surface area contributed by atoms with Gasteiger partial charge in [-0.05, 0) is 43.4 Å². The predicted molar refractivity (Wildman–Crippen MR) is 68.7 cm³/mol. The van der Waals surface area contributed by atoms with E-state index < -0.39 is 5.79 Å². The summed E-state index contributed by atoms with van der Waals surface area (Å²) in [6.45, 7) is 7.22. The van der Waals surface area contributed by atoms with Gasteiger partial charge in [0.1, 0.15) is 0 Å². The zero-order valence-electron chi connectivity index (χ0n) is 11.8. The van der Waals surface area contributed by atoms with Crippen molar-refractivity contribution in [3.05, 3.63) is 0 Å². The van der Waals surface area contributed by atoms with Gasteiger partial charge in [-0.2, -0.15) is 0 Å². The van der Waals surface area contributed by atoms with Crippen LogP contribution in [0.3, 0.4) is 0 Å². The van der Waals surface area contributed by atoms with E-state index in [1.165, 1.54) is 12.8 Å². The van der Waals surface area contributed by atoms with Gasteiger partial charge in [0.25, 0.3) is 0 Å². The van der Waals surface area contributed by atoms with Gasteiger partial charge in [-0.15, -0.1) is 0 Å². The highest BCUT2D eigenvalue weighted by Gasteiger charge is 2.51. The van der Waals surface area contributed by atoms with Crippen LogP contribution in [-0.2, 0) is 9.47 Å². The summed E-state index contributed by atoms with van der Waals surface area (Å²) in [5.41, 5.74) is 0. The second-order valence-electron chi connectivity index (χ2n) is 6.97. The monoisotopic (exact) mass is 254 g/mol. The first kappa shape index (κ1) is 12.9. The van der Waals surface area contributed by atoms with Gasteiger partial charge in [0, 0.05) is 12.3 Å². The van der Waals surface area contributed by atoms with Crippen LogP contribution in [-0.4, -0.2) is 23.8 Å². The van der Waals surface area contributed by atoms with E-state index in [0.717, 1.165) is 31.3 Å². The average molecular weight is 254 g/mol. The molecule has 18 heavy (non-hydrogen) atoms. The number of aliphatic hydroxyl groups is 1. The van der Waals surface area contributed by atoms with Gasteiger partial charge < -0.3 is 14.6 Å². The summed E-state index contributed by atoms with van der Waals surface area (Å²) in [4.78, 5) is 0. The molecule has 1 N–H and O–H groups in total. The summed E-state index contributed by atoms with van der Waals surface area (Å²) in [5.74, 6) is 2.23. The zero-order chi connectivity index (χ0) is 12.9. The van der Waals surface area contributed by atoms with Crippen molar-refractivity contribution in [3.63, 3.8) is 0 Å². The molecule has 104 valence electrons. The lowest BCUT2D eigenvalue weighted by atomic mass is 9.61. The van der Waals surface area contributed by atoms with Crippen LogP contribution in [0.1, 0.15) is 46.5 Å². The molecule has 0 amide bonds. The van der Waals surface area contributed by atoms with Gasteiger partial charge in [-0.3, -0.25) is 0 Å². The molecule has 2 saturated heterocycles. The van der Waals surface area contributed by atoms with E-state index in [0.29, 0.717) is 17.8 Å². The minimum Gasteiger partial charge on any atom is -0.366 e. The molecule has 0 radical (unpaired) electrons. The maximum Gasteiger partial charge on any atom is 0.165 e. The molecular weight excluding hydrogens is 228 g/mol. The Morgan fingerprint density at radius 3 is 2.56 bits per heavy atom. The van der Waals surface area contributed by atoms with Crippen molar-refractivity contribution < 1.29 is 14.6 Å². The highest BCUT2D eigenvalue weighted by atomic mass is 16.7. The van der Waals surface area contributed by atoms with Crippen LogP contribution in [0, 0.1) is 29.6 Å². The second kappa shape index (κ2) is 4.46. The van der Waals surface area contributed by atoms with Gasteiger partial charge in [-0.25, -0.2) is 0 Å². The first-order valence-corrected chi connectivity index (χ1v) is 7.50. The normalized spacial score (nSPS) is 56.7. The molecule has 3 fully saturated rings. The van der Waals surface area contributed by atoms with Crippen LogP contribution in [0.5, 0.6) is 0 Å². The predicted octanol–water partition coefficient (Wildman–Crippen LogP) is 2.78. The first-order valence-electron chi connectivity index (χ1n) is 7.50. The molecule has 0 spiro atoms. The lowest BCUT2D eigenvalue weighted by Gasteiger charge is -2.49. The SMILES string of the molecule is CC1CCC2C3C1CCC(C)(O)O[C@H]3OC[C@@H]2C. The molecule has 3 nitrogen and oxygen atoms in total. The minimum absolute atomic E-state index is 0.184. The third kappa shape index (κ3) is 2.10. The Labute approximate surface area is 110 Å². The first-order chi connectivity index (χ1) is 8.48. The smallest absolute Gasteiger partial charge is 0.165 e.